The van der Waals surface area contributed by atoms with E-state index in [1.165, 1.54) is 26.2 Å². The lowest BCUT2D eigenvalue weighted by molar-refractivity contribution is -0.303. The number of alkyl halides is 3. The van der Waals surface area contributed by atoms with E-state index >= 15 is 0 Å². The minimum absolute atomic E-state index is 0.0497. The Bertz CT molecular complexity index is 1480. The Hall–Kier alpha value is -4.09. The van der Waals surface area contributed by atoms with Gasteiger partial charge in [0.15, 0.2) is 6.29 Å². The van der Waals surface area contributed by atoms with Crippen LogP contribution < -0.4 is 5.32 Å². The zero-order valence-electron chi connectivity index (χ0n) is 31.4. The number of benzene rings is 1. The summed E-state index contributed by atoms with van der Waals surface area (Å²) < 4.78 is 74.2. The molecule has 0 bridgehead atoms. The summed E-state index contributed by atoms with van der Waals surface area (Å²) in [6.07, 6.45) is -2.56. The van der Waals surface area contributed by atoms with Crippen LogP contribution in [0.2, 0.25) is 0 Å². The number of ether oxygens (including phenoxy) is 6. The van der Waals surface area contributed by atoms with Gasteiger partial charge in [-0.15, -0.1) is 0 Å². The summed E-state index contributed by atoms with van der Waals surface area (Å²) in [4.78, 5) is 51.5. The Balaban J connectivity index is 1.93. The number of carbonyl (C=O) groups excluding carboxylic acids is 4. The van der Waals surface area contributed by atoms with Gasteiger partial charge in [-0.25, -0.2) is 9.59 Å². The molecule has 2 heterocycles. The van der Waals surface area contributed by atoms with E-state index in [1.807, 2.05) is 13.0 Å². The van der Waals surface area contributed by atoms with Crippen molar-refractivity contribution >= 4 is 30.0 Å². The lowest BCUT2D eigenvalue weighted by Crippen LogP contribution is -2.64. The number of amides is 1. The first-order valence-electron chi connectivity index (χ1n) is 17.6. The number of nitrogens with zero attached hydrogens (tertiary/aromatic N) is 1. The van der Waals surface area contributed by atoms with Gasteiger partial charge in [0.25, 0.3) is 0 Å². The molecule has 1 saturated heterocycles. The van der Waals surface area contributed by atoms with E-state index in [0.29, 0.717) is 12.7 Å². The number of aliphatic hydroxyl groups excluding tert-OH is 1. The Kier molecular flexibility index (Phi) is 16.9. The van der Waals surface area contributed by atoms with E-state index in [0.717, 1.165) is 24.3 Å². The van der Waals surface area contributed by atoms with Crippen LogP contribution in [0.15, 0.2) is 60.7 Å². The lowest BCUT2D eigenvalue weighted by Gasteiger charge is -2.47. The normalized spacial score (nSPS) is 33.2. The lowest BCUT2D eigenvalue weighted by atomic mass is 9.83. The largest absolute Gasteiger partial charge is 0.459 e. The van der Waals surface area contributed by atoms with E-state index in [9.17, 15) is 37.5 Å². The predicted molar refractivity (Wildman–Crippen MR) is 190 cm³/mol. The van der Waals surface area contributed by atoms with Crippen LogP contribution in [0.4, 0.5) is 23.7 Å². The first-order chi connectivity index (χ1) is 25.4. The summed E-state index contributed by atoms with van der Waals surface area (Å²) in [6.45, 7) is 6.47. The highest BCUT2D eigenvalue weighted by molar-refractivity contribution is 5.84. The van der Waals surface area contributed by atoms with E-state index in [1.54, 1.807) is 51.1 Å². The van der Waals surface area contributed by atoms with E-state index in [4.69, 9.17) is 28.4 Å². The van der Waals surface area contributed by atoms with E-state index in [-0.39, 0.29) is 24.4 Å². The molecule has 2 N–H and O–H groups in total. The van der Waals surface area contributed by atoms with Crippen LogP contribution in [0.1, 0.15) is 52.5 Å². The van der Waals surface area contributed by atoms with Crippen molar-refractivity contribution < 1.29 is 65.9 Å². The van der Waals surface area contributed by atoms with Crippen LogP contribution in [0.25, 0.3) is 0 Å². The number of aliphatic hydroxyl groups is 1. The molecule has 1 aromatic rings. The van der Waals surface area contributed by atoms with Crippen molar-refractivity contribution in [3.8, 4) is 0 Å². The fourth-order valence-corrected chi connectivity index (χ4v) is 6.45. The Labute approximate surface area is 313 Å². The number of hydrogen-bond donors (Lipinski definition) is 2. The van der Waals surface area contributed by atoms with Gasteiger partial charge >= 0.3 is 24.2 Å². The smallest absolute Gasteiger partial charge is 0.416 e. The molecule has 3 rings (SSSR count). The number of hydrogen-bond acceptors (Lipinski definition) is 12. The molecule has 0 radical (unpaired) electrons. The monoisotopic (exact) mass is 768 g/mol. The standard InChI is InChI=1S/C38H51F3N2O11/c1-22-21-26(19-20-44)35(30(49-7)17-18-31(46)50-23(2)11-9-8-10-12-29(22)52-25(4)45)53-36-33(47)32(43(5)6)34(24(3)51-36)54-37(48)42-28-15-13-27(14-16-28)38(39,40)41/h8-10,12-18,20,22-24,26,29-30,32-36,47H,11,19,21H2,1-7H3,(H,42,48)/b9-8+,12-10+,18-17-/t22-,23-,24-,26+,29+,30+,32-,33-,34-,35+,36+/m1/s1. The molecule has 1 fully saturated rings. The van der Waals surface area contributed by atoms with Crippen LogP contribution in [-0.4, -0.2) is 111 Å². The molecule has 0 aliphatic carbocycles. The van der Waals surface area contributed by atoms with E-state index in [2.05, 4.69) is 5.32 Å². The Morgan fingerprint density at radius 1 is 1.04 bits per heavy atom. The SMILES string of the molecule is CO[C@H]1/C=C\C(=O)O[C@H](C)C/C=C/C=C/[C@H](OC(C)=O)[C@H](C)C[C@H](CC=O)[C@@H]1O[C@@H]1O[C@H](C)[C@@H](OC(=O)Nc2ccc(C(F)(F)F)cc2)[C@H](N(C)C)[C@H]1O. The second kappa shape index (κ2) is 20.6. The number of anilines is 1. The van der Waals surface area contributed by atoms with Crippen molar-refractivity contribution in [2.24, 2.45) is 11.8 Å². The number of nitrogens with one attached hydrogen (secondary N) is 1. The molecule has 2 aliphatic rings. The maximum Gasteiger partial charge on any atom is 0.416 e. The number of cyclic esters (lactones) is 1. The molecule has 300 valence electrons. The first kappa shape index (κ1) is 44.3. The Morgan fingerprint density at radius 3 is 2.31 bits per heavy atom. The average molecular weight is 769 g/mol. The molecule has 13 nitrogen and oxygen atoms in total. The molecule has 0 unspecified atom stereocenters. The molecule has 16 heteroatoms. The van der Waals surface area contributed by atoms with Crippen molar-refractivity contribution in [1.29, 1.82) is 0 Å². The zero-order chi connectivity index (χ0) is 40.2. The number of rotatable bonds is 9. The number of esters is 2. The molecule has 0 saturated carbocycles. The van der Waals surface area contributed by atoms with Crippen molar-refractivity contribution in [3.63, 3.8) is 0 Å². The number of allylic oxidation sites excluding steroid dienone is 2. The zero-order valence-corrected chi connectivity index (χ0v) is 31.4. The third-order valence-corrected chi connectivity index (χ3v) is 9.12. The summed E-state index contributed by atoms with van der Waals surface area (Å²) in [6, 6.07) is 2.88. The summed E-state index contributed by atoms with van der Waals surface area (Å²) >= 11 is 0. The summed E-state index contributed by atoms with van der Waals surface area (Å²) in [5.74, 6) is -2.12. The minimum atomic E-state index is -4.55. The molecule has 1 aromatic carbocycles. The average Bonchev–Trinajstić information content (AvgIpc) is 3.08. The molecular formula is C38H51F3N2O11. The van der Waals surface area contributed by atoms with Gasteiger partial charge in [0.2, 0.25) is 0 Å². The maximum atomic E-state index is 13.0. The fourth-order valence-electron chi connectivity index (χ4n) is 6.45. The second-order valence-corrected chi connectivity index (χ2v) is 13.6. The molecule has 11 atom stereocenters. The molecule has 1 amide bonds. The summed E-state index contributed by atoms with van der Waals surface area (Å²) in [5, 5.41) is 14.1. The van der Waals surface area contributed by atoms with Crippen molar-refractivity contribution in [3.05, 3.63) is 66.3 Å². The third-order valence-electron chi connectivity index (χ3n) is 9.12. The third kappa shape index (κ3) is 13.0. The summed E-state index contributed by atoms with van der Waals surface area (Å²) in [7, 11) is 4.67. The van der Waals surface area contributed by atoms with Crippen LogP contribution in [-0.2, 0) is 49.0 Å². The van der Waals surface area contributed by atoms with Crippen molar-refractivity contribution in [2.75, 3.05) is 26.5 Å². The number of methoxy groups -OCH3 is 1. The predicted octanol–water partition coefficient (Wildman–Crippen LogP) is 5.23. The van der Waals surface area contributed by atoms with Crippen LogP contribution >= 0.6 is 0 Å². The topological polar surface area (TPSA) is 159 Å². The van der Waals surface area contributed by atoms with Gasteiger partial charge in [0.05, 0.1) is 23.8 Å². The molecule has 54 heavy (non-hydrogen) atoms. The molecule has 0 aromatic heterocycles. The van der Waals surface area contributed by atoms with Crippen LogP contribution in [0.3, 0.4) is 0 Å². The highest BCUT2D eigenvalue weighted by Crippen LogP contribution is 2.34. The van der Waals surface area contributed by atoms with Gasteiger partial charge in [-0.05, 0) is 82.6 Å². The number of halogens is 3. The first-order valence-corrected chi connectivity index (χ1v) is 17.6. The minimum Gasteiger partial charge on any atom is -0.459 e. The van der Waals surface area contributed by atoms with Crippen LogP contribution in [0, 0.1) is 11.8 Å². The van der Waals surface area contributed by atoms with E-state index < -0.39 is 90.7 Å². The molecule has 2 aliphatic heterocycles. The highest BCUT2D eigenvalue weighted by atomic mass is 19.4. The highest BCUT2D eigenvalue weighted by Gasteiger charge is 2.49. The van der Waals surface area contributed by atoms with Gasteiger partial charge in [0.1, 0.15) is 36.8 Å². The second-order valence-electron chi connectivity index (χ2n) is 13.6. The summed E-state index contributed by atoms with van der Waals surface area (Å²) in [5.41, 5.74) is -0.837. The number of likely N-dealkylation sites (N-methyl/N-ethyl adjacent to an activating group) is 1. The van der Waals surface area contributed by atoms with Gasteiger partial charge < -0.3 is 43.2 Å². The van der Waals surface area contributed by atoms with Crippen molar-refractivity contribution in [2.45, 2.75) is 108 Å². The number of aldehydes is 1. The fraction of sp³-hybridized carbons (Fsp3) is 0.579. The van der Waals surface area contributed by atoms with Gasteiger partial charge in [-0.1, -0.05) is 25.2 Å². The Morgan fingerprint density at radius 2 is 1.72 bits per heavy atom. The van der Waals surface area contributed by atoms with Crippen LogP contribution in [0.5, 0.6) is 0 Å². The van der Waals surface area contributed by atoms with Gasteiger partial charge in [0, 0.05) is 38.6 Å². The number of carbonyl (C=O) groups is 4. The quantitative estimate of drug-likeness (QED) is 0.192. The van der Waals surface area contributed by atoms with Gasteiger partial charge in [-0.2, -0.15) is 13.2 Å². The van der Waals surface area contributed by atoms with Gasteiger partial charge in [-0.3, -0.25) is 10.1 Å². The maximum absolute atomic E-state index is 13.0. The van der Waals surface area contributed by atoms with Crippen molar-refractivity contribution in [1.82, 2.24) is 4.90 Å². The molecular weight excluding hydrogens is 717 g/mol. The molecule has 0 spiro atoms.